The van der Waals surface area contributed by atoms with Gasteiger partial charge in [-0.05, 0) is 24.3 Å². The van der Waals surface area contributed by atoms with E-state index in [2.05, 4.69) is 4.72 Å². The molecule has 0 atom stereocenters. The molecule has 0 saturated heterocycles. The third-order valence-corrected chi connectivity index (χ3v) is 5.50. The highest BCUT2D eigenvalue weighted by molar-refractivity contribution is 7.93. The monoisotopic (exact) mass is 361 g/mol. The van der Waals surface area contributed by atoms with E-state index < -0.39 is 29.8 Å². The van der Waals surface area contributed by atoms with Gasteiger partial charge in [0.1, 0.15) is 9.79 Å². The molecule has 118 valence electrons. The van der Waals surface area contributed by atoms with Gasteiger partial charge < -0.3 is 5.73 Å². The summed E-state index contributed by atoms with van der Waals surface area (Å²) >= 11 is 5.74. The van der Waals surface area contributed by atoms with Crippen LogP contribution in [0.5, 0.6) is 0 Å². The van der Waals surface area contributed by atoms with Crippen molar-refractivity contribution in [1.29, 1.82) is 0 Å². The predicted molar refractivity (Wildman–Crippen MR) is 84.5 cm³/mol. The summed E-state index contributed by atoms with van der Waals surface area (Å²) in [6.45, 7) is 0. The lowest BCUT2D eigenvalue weighted by atomic mass is 10.3. The van der Waals surface area contributed by atoms with Gasteiger partial charge in [-0.1, -0.05) is 29.8 Å². The second kappa shape index (κ2) is 5.76. The number of benzene rings is 2. The van der Waals surface area contributed by atoms with Gasteiger partial charge in [-0.15, -0.1) is 0 Å². The van der Waals surface area contributed by atoms with Crippen LogP contribution in [0.15, 0.2) is 52.3 Å². The van der Waals surface area contributed by atoms with Crippen LogP contribution < -0.4 is 15.6 Å². The molecule has 22 heavy (non-hydrogen) atoms. The molecule has 0 amide bonds. The fraction of sp³-hybridized carbons (Fsp3) is 0. The zero-order valence-electron chi connectivity index (χ0n) is 11.0. The number of rotatable bonds is 4. The number of halogens is 1. The first-order valence-corrected chi connectivity index (χ1v) is 9.22. The maximum Gasteiger partial charge on any atom is 0.263 e. The Balaban J connectivity index is 2.56. The molecule has 0 aliphatic carbocycles. The fourth-order valence-electron chi connectivity index (χ4n) is 1.72. The normalized spacial score (nSPS) is 12.1. The van der Waals surface area contributed by atoms with Crippen molar-refractivity contribution in [2.75, 3.05) is 10.5 Å². The average molecular weight is 362 g/mol. The first-order chi connectivity index (χ1) is 10.1. The van der Waals surface area contributed by atoms with Crippen molar-refractivity contribution < 1.29 is 16.8 Å². The molecule has 0 unspecified atom stereocenters. The van der Waals surface area contributed by atoms with Crippen LogP contribution in [0.3, 0.4) is 0 Å². The Kier molecular flexibility index (Phi) is 4.34. The number of nitrogens with one attached hydrogen (secondary N) is 1. The van der Waals surface area contributed by atoms with Crippen LogP contribution in [0.2, 0.25) is 5.02 Å². The largest absolute Gasteiger partial charge is 0.398 e. The molecule has 2 aromatic carbocycles. The predicted octanol–water partition coefficient (Wildman–Crippen LogP) is 1.37. The standard InChI is InChI=1S/C12H12ClN3O4S2/c13-9-6-10(14)12(7-11(9)21(15,17)18)22(19,20)16-8-4-2-1-3-5-8/h1-7,16H,14H2,(H2,15,17,18). The molecule has 0 spiro atoms. The molecule has 2 rings (SSSR count). The van der Waals surface area contributed by atoms with E-state index in [1.54, 1.807) is 18.2 Å². The zero-order valence-corrected chi connectivity index (χ0v) is 13.4. The molecule has 2 aromatic rings. The van der Waals surface area contributed by atoms with Crippen LogP contribution in [-0.2, 0) is 20.0 Å². The first kappa shape index (κ1) is 16.6. The smallest absolute Gasteiger partial charge is 0.263 e. The summed E-state index contributed by atoms with van der Waals surface area (Å²) in [5, 5.41) is 4.75. The van der Waals surface area contributed by atoms with Gasteiger partial charge in [-0.3, -0.25) is 4.72 Å². The zero-order chi connectivity index (χ0) is 16.5. The molecular formula is C12H12ClN3O4S2. The molecular weight excluding hydrogens is 350 g/mol. The highest BCUT2D eigenvalue weighted by Gasteiger charge is 2.23. The summed E-state index contributed by atoms with van der Waals surface area (Å²) < 4.78 is 49.9. The highest BCUT2D eigenvalue weighted by Crippen LogP contribution is 2.30. The number of hydrogen-bond acceptors (Lipinski definition) is 5. The molecule has 5 N–H and O–H groups in total. The summed E-state index contributed by atoms with van der Waals surface area (Å²) in [5.74, 6) is 0. The maximum absolute atomic E-state index is 12.3. The van der Waals surface area contributed by atoms with E-state index in [4.69, 9.17) is 22.5 Å². The van der Waals surface area contributed by atoms with Crippen LogP contribution in [0.1, 0.15) is 0 Å². The van der Waals surface area contributed by atoms with E-state index in [1.807, 2.05) is 0 Å². The first-order valence-electron chi connectivity index (χ1n) is 5.81. The highest BCUT2D eigenvalue weighted by atomic mass is 35.5. The van der Waals surface area contributed by atoms with Crippen LogP contribution in [0, 0.1) is 0 Å². The van der Waals surface area contributed by atoms with Crippen molar-refractivity contribution >= 4 is 43.0 Å². The lowest BCUT2D eigenvalue weighted by Crippen LogP contribution is -2.18. The van der Waals surface area contributed by atoms with Crippen LogP contribution in [-0.4, -0.2) is 16.8 Å². The molecule has 7 nitrogen and oxygen atoms in total. The third-order valence-electron chi connectivity index (χ3n) is 2.69. The molecule has 10 heteroatoms. The van der Waals surface area contributed by atoms with Gasteiger partial charge in [0.05, 0.1) is 10.7 Å². The summed E-state index contributed by atoms with van der Waals surface area (Å²) in [4.78, 5) is -0.943. The number of primary sulfonamides is 1. The lowest BCUT2D eigenvalue weighted by molar-refractivity contribution is 0.597. The van der Waals surface area contributed by atoms with Gasteiger partial charge in [0.15, 0.2) is 0 Å². The topological polar surface area (TPSA) is 132 Å². The molecule has 0 bridgehead atoms. The van der Waals surface area contributed by atoms with Crippen molar-refractivity contribution in [3.8, 4) is 0 Å². The van der Waals surface area contributed by atoms with E-state index in [1.165, 1.54) is 12.1 Å². The fourth-order valence-corrected chi connectivity index (χ4v) is 4.10. The molecule has 0 aliphatic heterocycles. The lowest BCUT2D eigenvalue weighted by Gasteiger charge is -2.12. The minimum atomic E-state index is -4.19. The Hall–Kier alpha value is -1.81. The minimum Gasteiger partial charge on any atom is -0.398 e. The SMILES string of the molecule is Nc1cc(Cl)c(S(N)(=O)=O)cc1S(=O)(=O)Nc1ccccc1. The minimum absolute atomic E-state index is 0.194. The van der Waals surface area contributed by atoms with Crippen molar-refractivity contribution in [1.82, 2.24) is 0 Å². The third kappa shape index (κ3) is 3.50. The summed E-state index contributed by atoms with van der Waals surface area (Å²) in [7, 11) is -8.28. The average Bonchev–Trinajstić information content (AvgIpc) is 2.37. The number of sulfonamides is 2. The van der Waals surface area contributed by atoms with Gasteiger partial charge >= 0.3 is 0 Å². The van der Waals surface area contributed by atoms with Gasteiger partial charge in [-0.2, -0.15) is 0 Å². The summed E-state index contributed by atoms with van der Waals surface area (Å²) in [6.07, 6.45) is 0. The molecule has 0 heterocycles. The Morgan fingerprint density at radius 1 is 0.955 bits per heavy atom. The molecule has 0 aromatic heterocycles. The van der Waals surface area contributed by atoms with E-state index in [9.17, 15) is 16.8 Å². The number of nitrogen functional groups attached to an aromatic ring is 1. The summed E-state index contributed by atoms with van der Waals surface area (Å²) in [5.41, 5.74) is 5.74. The van der Waals surface area contributed by atoms with Gasteiger partial charge in [0, 0.05) is 5.69 Å². The summed E-state index contributed by atoms with van der Waals surface area (Å²) in [6, 6.07) is 9.92. The van der Waals surface area contributed by atoms with E-state index >= 15 is 0 Å². The van der Waals surface area contributed by atoms with Crippen molar-refractivity contribution in [3.63, 3.8) is 0 Å². The Morgan fingerprint density at radius 3 is 2.09 bits per heavy atom. The van der Waals surface area contributed by atoms with E-state index in [-0.39, 0.29) is 10.7 Å². The van der Waals surface area contributed by atoms with Crippen LogP contribution in [0.25, 0.3) is 0 Å². The van der Waals surface area contributed by atoms with Crippen LogP contribution in [0.4, 0.5) is 11.4 Å². The Morgan fingerprint density at radius 2 is 1.55 bits per heavy atom. The van der Waals surface area contributed by atoms with E-state index in [0.717, 1.165) is 12.1 Å². The van der Waals surface area contributed by atoms with Gasteiger partial charge in [0.2, 0.25) is 10.0 Å². The van der Waals surface area contributed by atoms with Gasteiger partial charge in [-0.25, -0.2) is 22.0 Å². The Bertz CT molecular complexity index is 913. The molecule has 0 fully saturated rings. The quantitative estimate of drug-likeness (QED) is 0.707. The molecule has 0 saturated carbocycles. The second-order valence-electron chi connectivity index (χ2n) is 4.34. The van der Waals surface area contributed by atoms with Crippen LogP contribution >= 0.6 is 11.6 Å². The number of para-hydroxylation sites is 1. The van der Waals surface area contributed by atoms with Crippen molar-refractivity contribution in [2.24, 2.45) is 5.14 Å². The van der Waals surface area contributed by atoms with Gasteiger partial charge in [0.25, 0.3) is 10.0 Å². The second-order valence-corrected chi connectivity index (χ2v) is 7.92. The maximum atomic E-state index is 12.3. The number of nitrogens with two attached hydrogens (primary N) is 2. The number of anilines is 2. The van der Waals surface area contributed by atoms with Crippen molar-refractivity contribution in [3.05, 3.63) is 47.5 Å². The molecule has 0 aliphatic rings. The van der Waals surface area contributed by atoms with Crippen molar-refractivity contribution in [2.45, 2.75) is 9.79 Å². The molecule has 0 radical (unpaired) electrons. The number of hydrogen-bond donors (Lipinski definition) is 3. The van der Waals surface area contributed by atoms with E-state index in [0.29, 0.717) is 5.69 Å². The Labute approximate surface area is 133 Å².